The first-order chi connectivity index (χ1) is 14.5. The molecule has 152 valence electrons. The summed E-state index contributed by atoms with van der Waals surface area (Å²) in [6.07, 6.45) is 2.00. The summed E-state index contributed by atoms with van der Waals surface area (Å²) < 4.78 is 10.9. The Labute approximate surface area is 173 Å². The highest BCUT2D eigenvalue weighted by molar-refractivity contribution is 6.07. The van der Waals surface area contributed by atoms with Crippen molar-refractivity contribution in [3.63, 3.8) is 0 Å². The molecule has 0 aromatic heterocycles. The Morgan fingerprint density at radius 2 is 1.77 bits per heavy atom. The second kappa shape index (κ2) is 7.02. The van der Waals surface area contributed by atoms with Gasteiger partial charge in [-0.15, -0.1) is 0 Å². The number of anilines is 1. The van der Waals surface area contributed by atoms with Crippen LogP contribution in [0.4, 0.5) is 5.69 Å². The van der Waals surface area contributed by atoms with Crippen molar-refractivity contribution >= 4 is 23.3 Å². The highest BCUT2D eigenvalue weighted by atomic mass is 16.7. The lowest BCUT2D eigenvalue weighted by molar-refractivity contribution is -0.119. The number of hydrogen-bond donors (Lipinski definition) is 1. The van der Waals surface area contributed by atoms with E-state index in [1.807, 2.05) is 18.2 Å². The minimum Gasteiger partial charge on any atom is -0.454 e. The van der Waals surface area contributed by atoms with Gasteiger partial charge in [-0.05, 0) is 54.8 Å². The summed E-state index contributed by atoms with van der Waals surface area (Å²) in [6.45, 7) is 0.171. The lowest BCUT2D eigenvalue weighted by Gasteiger charge is -2.38. The summed E-state index contributed by atoms with van der Waals surface area (Å²) in [5.74, 6) is 0.456. The maximum atomic E-state index is 13.2. The zero-order chi connectivity index (χ0) is 20.8. The van der Waals surface area contributed by atoms with Crippen molar-refractivity contribution in [2.45, 2.75) is 31.6 Å². The zero-order valence-corrected chi connectivity index (χ0v) is 16.2. The number of nitrogens with zero attached hydrogens (tertiary/aromatic N) is 1. The van der Waals surface area contributed by atoms with Crippen LogP contribution in [0.25, 0.3) is 0 Å². The monoisotopic (exact) mass is 404 g/mol. The molecule has 0 fully saturated rings. The van der Waals surface area contributed by atoms with Gasteiger partial charge in [0.25, 0.3) is 0 Å². The van der Waals surface area contributed by atoms with Crippen LogP contribution in [-0.2, 0) is 9.59 Å². The molecule has 2 aromatic carbocycles. The molecule has 30 heavy (non-hydrogen) atoms. The number of Topliss-reactive ketones (excluding diaryl/α,β-unsaturated/α-hetero) is 1. The normalized spacial score (nSPS) is 20.4. The molecule has 2 aromatic rings. The van der Waals surface area contributed by atoms with Crippen LogP contribution in [0.2, 0.25) is 0 Å². The molecule has 0 radical (unpaired) electrons. The predicted molar refractivity (Wildman–Crippen MR) is 108 cm³/mol. The molecule has 1 unspecified atom stereocenters. The fourth-order valence-corrected chi connectivity index (χ4v) is 4.48. The quantitative estimate of drug-likeness (QED) is 0.848. The standard InChI is InChI=1S/C23H20N2O5/c24-23(28)13-4-7-15(8-5-13)25-17-2-1-3-18(26)22(17)16(11-21(25)27)14-6-9-19-20(10-14)30-12-29-19/h4-10,16H,1-3,11-12H2,(H2,24,28). The Bertz CT molecular complexity index is 1100. The summed E-state index contributed by atoms with van der Waals surface area (Å²) in [4.78, 5) is 39.2. The number of carbonyl (C=O) groups excluding carboxylic acids is 3. The van der Waals surface area contributed by atoms with E-state index in [1.54, 1.807) is 29.2 Å². The topological polar surface area (TPSA) is 98.9 Å². The molecule has 0 spiro atoms. The molecule has 2 amide bonds. The number of benzene rings is 2. The molecule has 2 heterocycles. The van der Waals surface area contributed by atoms with E-state index in [-0.39, 0.29) is 30.8 Å². The fourth-order valence-electron chi connectivity index (χ4n) is 4.48. The van der Waals surface area contributed by atoms with Crippen molar-refractivity contribution in [3.05, 3.63) is 64.9 Å². The van der Waals surface area contributed by atoms with Gasteiger partial charge < -0.3 is 15.2 Å². The number of primary amides is 1. The van der Waals surface area contributed by atoms with E-state index >= 15 is 0 Å². The van der Waals surface area contributed by atoms with Crippen LogP contribution in [0.3, 0.4) is 0 Å². The van der Waals surface area contributed by atoms with Gasteiger partial charge in [0.2, 0.25) is 18.6 Å². The van der Waals surface area contributed by atoms with E-state index in [0.717, 1.165) is 11.3 Å². The van der Waals surface area contributed by atoms with E-state index in [2.05, 4.69) is 0 Å². The van der Waals surface area contributed by atoms with Crippen LogP contribution in [0.15, 0.2) is 53.7 Å². The third-order valence-electron chi connectivity index (χ3n) is 5.88. The first kappa shape index (κ1) is 18.4. The first-order valence-electron chi connectivity index (χ1n) is 9.91. The third kappa shape index (κ3) is 2.94. The molecular formula is C23H20N2O5. The minimum atomic E-state index is -0.526. The molecule has 0 saturated carbocycles. The summed E-state index contributed by atoms with van der Waals surface area (Å²) in [5, 5.41) is 0. The smallest absolute Gasteiger partial charge is 0.248 e. The van der Waals surface area contributed by atoms with Gasteiger partial charge in [0.05, 0.1) is 0 Å². The number of hydrogen-bond acceptors (Lipinski definition) is 5. The Hall–Kier alpha value is -3.61. The van der Waals surface area contributed by atoms with Crippen LogP contribution >= 0.6 is 0 Å². The average molecular weight is 404 g/mol. The number of nitrogens with two attached hydrogens (primary N) is 1. The molecule has 1 atom stereocenters. The van der Waals surface area contributed by atoms with Gasteiger partial charge in [0, 0.05) is 41.3 Å². The van der Waals surface area contributed by atoms with Gasteiger partial charge >= 0.3 is 0 Å². The molecule has 7 heteroatoms. The number of fused-ring (bicyclic) bond motifs is 1. The first-order valence-corrected chi connectivity index (χ1v) is 9.91. The van der Waals surface area contributed by atoms with E-state index in [4.69, 9.17) is 15.2 Å². The molecular weight excluding hydrogens is 384 g/mol. The second-order valence-electron chi connectivity index (χ2n) is 7.65. The molecule has 0 saturated heterocycles. The van der Waals surface area contributed by atoms with Crippen molar-refractivity contribution in [2.24, 2.45) is 5.73 Å². The lowest BCUT2D eigenvalue weighted by Crippen LogP contribution is -2.40. The van der Waals surface area contributed by atoms with Crippen LogP contribution < -0.4 is 20.1 Å². The van der Waals surface area contributed by atoms with Gasteiger partial charge in [0.15, 0.2) is 17.3 Å². The lowest BCUT2D eigenvalue weighted by atomic mass is 9.77. The predicted octanol–water partition coefficient (Wildman–Crippen LogP) is 3.04. The Morgan fingerprint density at radius 1 is 1.00 bits per heavy atom. The van der Waals surface area contributed by atoms with Gasteiger partial charge in [-0.2, -0.15) is 0 Å². The second-order valence-corrected chi connectivity index (χ2v) is 7.65. The summed E-state index contributed by atoms with van der Waals surface area (Å²) in [7, 11) is 0. The van der Waals surface area contributed by atoms with Crippen LogP contribution in [0.5, 0.6) is 11.5 Å². The molecule has 1 aliphatic carbocycles. The van der Waals surface area contributed by atoms with Crippen molar-refractivity contribution < 1.29 is 23.9 Å². The van der Waals surface area contributed by atoms with Gasteiger partial charge in [-0.1, -0.05) is 6.07 Å². The largest absolute Gasteiger partial charge is 0.454 e. The highest BCUT2D eigenvalue weighted by Gasteiger charge is 2.40. The van der Waals surface area contributed by atoms with Crippen molar-refractivity contribution in [1.82, 2.24) is 0 Å². The fraction of sp³-hybridized carbons (Fsp3) is 0.261. The van der Waals surface area contributed by atoms with Crippen molar-refractivity contribution in [3.8, 4) is 11.5 Å². The van der Waals surface area contributed by atoms with E-state index in [9.17, 15) is 14.4 Å². The number of ketones is 1. The zero-order valence-electron chi connectivity index (χ0n) is 16.2. The number of carbonyl (C=O) groups is 3. The minimum absolute atomic E-state index is 0.0742. The van der Waals surface area contributed by atoms with Crippen LogP contribution in [0.1, 0.15) is 47.5 Å². The number of ether oxygens (including phenoxy) is 2. The third-order valence-corrected chi connectivity index (χ3v) is 5.88. The Kier molecular flexibility index (Phi) is 4.31. The molecule has 0 bridgehead atoms. The van der Waals surface area contributed by atoms with Gasteiger partial charge in [0.1, 0.15) is 0 Å². The maximum absolute atomic E-state index is 13.2. The number of amides is 2. The molecule has 3 aliphatic rings. The highest BCUT2D eigenvalue weighted by Crippen LogP contribution is 2.45. The number of allylic oxidation sites excluding steroid dienone is 2. The SMILES string of the molecule is NC(=O)c1ccc(N2C(=O)CC(c3ccc4c(c3)OCO4)C3=C2CCCC3=O)cc1. The summed E-state index contributed by atoms with van der Waals surface area (Å²) in [6, 6.07) is 12.2. The Morgan fingerprint density at radius 3 is 2.53 bits per heavy atom. The van der Waals surface area contributed by atoms with E-state index in [0.29, 0.717) is 47.6 Å². The van der Waals surface area contributed by atoms with Gasteiger partial charge in [-0.3, -0.25) is 19.3 Å². The van der Waals surface area contributed by atoms with E-state index < -0.39 is 5.91 Å². The molecule has 2 aliphatic heterocycles. The van der Waals surface area contributed by atoms with Gasteiger partial charge in [-0.25, -0.2) is 0 Å². The average Bonchev–Trinajstić information content (AvgIpc) is 3.21. The van der Waals surface area contributed by atoms with Crippen LogP contribution in [0, 0.1) is 0 Å². The summed E-state index contributed by atoms with van der Waals surface area (Å²) in [5.41, 5.74) is 8.64. The number of rotatable bonds is 3. The molecule has 7 nitrogen and oxygen atoms in total. The molecule has 5 rings (SSSR count). The molecule has 2 N–H and O–H groups in total. The maximum Gasteiger partial charge on any atom is 0.248 e. The van der Waals surface area contributed by atoms with Crippen molar-refractivity contribution in [1.29, 1.82) is 0 Å². The van der Waals surface area contributed by atoms with Crippen LogP contribution in [-0.4, -0.2) is 24.4 Å². The summed E-state index contributed by atoms with van der Waals surface area (Å²) >= 11 is 0. The Balaban J connectivity index is 1.59. The van der Waals surface area contributed by atoms with E-state index in [1.165, 1.54) is 0 Å². The van der Waals surface area contributed by atoms with Crippen molar-refractivity contribution in [2.75, 3.05) is 11.7 Å².